The van der Waals surface area contributed by atoms with Gasteiger partial charge in [0.05, 0.1) is 0 Å². The first-order valence-electron chi connectivity index (χ1n) is 5.10. The summed E-state index contributed by atoms with van der Waals surface area (Å²) < 4.78 is 5.47. The van der Waals surface area contributed by atoms with Crippen LogP contribution in [0.1, 0.15) is 6.42 Å². The Morgan fingerprint density at radius 3 is 3.33 bits per heavy atom. The summed E-state index contributed by atoms with van der Waals surface area (Å²) in [4.78, 5) is 8.40. The summed E-state index contributed by atoms with van der Waals surface area (Å²) in [6, 6.07) is 4.73. The van der Waals surface area contributed by atoms with Crippen LogP contribution in [0.2, 0.25) is 0 Å². The van der Waals surface area contributed by atoms with Crippen LogP contribution in [-0.4, -0.2) is 29.1 Å². The average Bonchev–Trinajstić information content (AvgIpc) is 2.86. The summed E-state index contributed by atoms with van der Waals surface area (Å²) in [5.41, 5.74) is 1.39. The topological polar surface area (TPSA) is 63.0 Å². The van der Waals surface area contributed by atoms with Crippen LogP contribution in [0.15, 0.2) is 22.7 Å². The molecule has 0 bridgehead atoms. The fraction of sp³-hybridized carbons (Fsp3) is 0.400. The first-order chi connectivity index (χ1) is 7.42. The Labute approximate surface area is 86.9 Å². The number of oxazole rings is 1. The predicted octanol–water partition coefficient (Wildman–Crippen LogP) is 0.997. The molecular weight excluding hydrogens is 192 g/mol. The fourth-order valence-electron chi connectivity index (χ4n) is 1.78. The first kappa shape index (κ1) is 8.67. The zero-order chi connectivity index (χ0) is 10.1. The Balaban J connectivity index is 1.84. The molecule has 1 atom stereocenters. The lowest BCUT2D eigenvalue weighted by molar-refractivity contribution is 0.589. The number of hydrogen-bond acceptors (Lipinski definition) is 5. The van der Waals surface area contributed by atoms with Crippen LogP contribution in [0.3, 0.4) is 0 Å². The molecule has 0 radical (unpaired) electrons. The molecule has 0 aromatic carbocycles. The molecule has 1 aliphatic heterocycles. The van der Waals surface area contributed by atoms with Gasteiger partial charge in [-0.15, -0.1) is 0 Å². The van der Waals surface area contributed by atoms with Crippen molar-refractivity contribution in [2.75, 3.05) is 18.4 Å². The van der Waals surface area contributed by atoms with Gasteiger partial charge in [0.25, 0.3) is 6.01 Å². The summed E-state index contributed by atoms with van der Waals surface area (Å²) in [7, 11) is 0. The maximum Gasteiger partial charge on any atom is 0.297 e. The van der Waals surface area contributed by atoms with Crippen LogP contribution in [0.4, 0.5) is 6.01 Å². The van der Waals surface area contributed by atoms with Crippen molar-refractivity contribution in [3.8, 4) is 0 Å². The summed E-state index contributed by atoms with van der Waals surface area (Å²) in [5.74, 6) is 0. The van der Waals surface area contributed by atoms with Gasteiger partial charge in [-0.05, 0) is 25.1 Å². The van der Waals surface area contributed by atoms with Gasteiger partial charge < -0.3 is 15.1 Å². The fourth-order valence-corrected chi connectivity index (χ4v) is 1.78. The maximum absolute atomic E-state index is 5.47. The minimum absolute atomic E-state index is 0.415. The van der Waals surface area contributed by atoms with E-state index in [4.69, 9.17) is 4.42 Å². The minimum Gasteiger partial charge on any atom is -0.404 e. The van der Waals surface area contributed by atoms with E-state index in [1.165, 1.54) is 0 Å². The second-order valence-corrected chi connectivity index (χ2v) is 3.68. The van der Waals surface area contributed by atoms with Crippen LogP contribution >= 0.6 is 0 Å². The molecule has 3 heterocycles. The van der Waals surface area contributed by atoms with Crippen molar-refractivity contribution >= 4 is 17.2 Å². The van der Waals surface area contributed by atoms with Gasteiger partial charge in [0, 0.05) is 18.8 Å². The number of fused-ring (bicyclic) bond motifs is 1. The molecule has 0 spiro atoms. The number of hydrogen-bond donors (Lipinski definition) is 2. The van der Waals surface area contributed by atoms with Gasteiger partial charge in [0.1, 0.15) is 5.52 Å². The lowest BCUT2D eigenvalue weighted by atomic mass is 10.3. The molecule has 1 unspecified atom stereocenters. The molecule has 78 valence electrons. The van der Waals surface area contributed by atoms with E-state index >= 15 is 0 Å². The highest BCUT2D eigenvalue weighted by Gasteiger charge is 2.16. The molecule has 2 aromatic rings. The van der Waals surface area contributed by atoms with E-state index in [9.17, 15) is 0 Å². The molecule has 5 nitrogen and oxygen atoms in total. The molecule has 1 fully saturated rings. The summed E-state index contributed by atoms with van der Waals surface area (Å²) in [6.07, 6.45) is 2.81. The zero-order valence-corrected chi connectivity index (χ0v) is 8.23. The Bertz CT molecular complexity index is 428. The van der Waals surface area contributed by atoms with Crippen LogP contribution < -0.4 is 10.6 Å². The lowest BCUT2D eigenvalue weighted by Crippen LogP contribution is -2.22. The summed E-state index contributed by atoms with van der Waals surface area (Å²) in [5, 5.41) is 6.53. The smallest absolute Gasteiger partial charge is 0.297 e. The van der Waals surface area contributed by atoms with Gasteiger partial charge >= 0.3 is 0 Å². The van der Waals surface area contributed by atoms with Crippen molar-refractivity contribution in [1.82, 2.24) is 15.3 Å². The van der Waals surface area contributed by atoms with E-state index in [0.29, 0.717) is 17.8 Å². The largest absolute Gasteiger partial charge is 0.404 e. The second kappa shape index (κ2) is 3.51. The highest BCUT2D eigenvalue weighted by Crippen LogP contribution is 2.17. The summed E-state index contributed by atoms with van der Waals surface area (Å²) in [6.45, 7) is 2.02. The third kappa shape index (κ3) is 1.66. The van der Waals surface area contributed by atoms with Gasteiger partial charge in [0.2, 0.25) is 5.71 Å². The quantitative estimate of drug-likeness (QED) is 0.764. The van der Waals surface area contributed by atoms with Gasteiger partial charge in [-0.2, -0.15) is 4.98 Å². The third-order valence-electron chi connectivity index (χ3n) is 2.55. The highest BCUT2D eigenvalue weighted by molar-refractivity contribution is 5.69. The molecule has 1 aliphatic rings. The van der Waals surface area contributed by atoms with Crippen molar-refractivity contribution in [2.45, 2.75) is 12.5 Å². The van der Waals surface area contributed by atoms with Crippen molar-refractivity contribution in [1.29, 1.82) is 0 Å². The van der Waals surface area contributed by atoms with Gasteiger partial charge in [-0.25, -0.2) is 4.98 Å². The monoisotopic (exact) mass is 204 g/mol. The number of aromatic nitrogens is 2. The Kier molecular flexibility index (Phi) is 2.03. The van der Waals surface area contributed by atoms with E-state index in [1.54, 1.807) is 6.20 Å². The van der Waals surface area contributed by atoms with Crippen LogP contribution in [0, 0.1) is 0 Å². The van der Waals surface area contributed by atoms with Crippen molar-refractivity contribution in [3.63, 3.8) is 0 Å². The van der Waals surface area contributed by atoms with Crippen molar-refractivity contribution in [2.24, 2.45) is 0 Å². The number of pyridine rings is 1. The number of nitrogens with zero attached hydrogens (tertiary/aromatic N) is 2. The lowest BCUT2D eigenvalue weighted by Gasteiger charge is -2.07. The molecule has 2 aromatic heterocycles. The second-order valence-electron chi connectivity index (χ2n) is 3.68. The Hall–Kier alpha value is -1.62. The molecule has 0 saturated carbocycles. The van der Waals surface area contributed by atoms with Gasteiger partial charge in [-0.1, -0.05) is 0 Å². The molecule has 15 heavy (non-hydrogen) atoms. The summed E-state index contributed by atoms with van der Waals surface area (Å²) >= 11 is 0. The molecule has 0 amide bonds. The van der Waals surface area contributed by atoms with E-state index in [2.05, 4.69) is 20.6 Å². The standard InChI is InChI=1S/C10H12N4O/c1-2-8-9(12-4-1)15-10(14-8)13-7-3-5-11-6-7/h1-2,4,7,11H,3,5-6H2,(H,13,14). The van der Waals surface area contributed by atoms with Crippen molar-refractivity contribution < 1.29 is 4.42 Å². The highest BCUT2D eigenvalue weighted by atomic mass is 16.4. The molecular formula is C10H12N4O. The normalized spacial score (nSPS) is 20.9. The Morgan fingerprint density at radius 1 is 1.53 bits per heavy atom. The molecule has 0 aliphatic carbocycles. The molecule has 5 heteroatoms. The van der Waals surface area contributed by atoms with Crippen LogP contribution in [0.25, 0.3) is 11.2 Å². The maximum atomic E-state index is 5.47. The van der Waals surface area contributed by atoms with Crippen LogP contribution in [0.5, 0.6) is 0 Å². The molecule has 1 saturated heterocycles. The number of anilines is 1. The first-order valence-corrected chi connectivity index (χ1v) is 5.10. The minimum atomic E-state index is 0.415. The van der Waals surface area contributed by atoms with Crippen LogP contribution in [-0.2, 0) is 0 Å². The van der Waals surface area contributed by atoms with E-state index < -0.39 is 0 Å². The predicted molar refractivity (Wildman–Crippen MR) is 56.7 cm³/mol. The van der Waals surface area contributed by atoms with E-state index in [0.717, 1.165) is 25.0 Å². The number of rotatable bonds is 2. The Morgan fingerprint density at radius 2 is 2.53 bits per heavy atom. The number of nitrogens with one attached hydrogen (secondary N) is 2. The third-order valence-corrected chi connectivity index (χ3v) is 2.55. The van der Waals surface area contributed by atoms with Gasteiger partial charge in [-0.3, -0.25) is 0 Å². The SMILES string of the molecule is c1cnc2oc(NC3CCNC3)nc2c1. The average molecular weight is 204 g/mol. The van der Waals surface area contributed by atoms with Crippen molar-refractivity contribution in [3.05, 3.63) is 18.3 Å². The van der Waals surface area contributed by atoms with E-state index in [-0.39, 0.29) is 0 Å². The van der Waals surface area contributed by atoms with E-state index in [1.807, 2.05) is 12.1 Å². The zero-order valence-electron chi connectivity index (χ0n) is 8.23. The van der Waals surface area contributed by atoms with Gasteiger partial charge in [0.15, 0.2) is 0 Å². The molecule has 2 N–H and O–H groups in total. The molecule has 3 rings (SSSR count).